The quantitative estimate of drug-likeness (QED) is 0.417. The van der Waals surface area contributed by atoms with Crippen molar-refractivity contribution in [2.45, 2.75) is 39.1 Å². The maximum Gasteiger partial charge on any atom is 0.129 e. The van der Waals surface area contributed by atoms with E-state index in [2.05, 4.69) is 37.7 Å². The molecule has 74 valence electrons. The summed E-state index contributed by atoms with van der Waals surface area (Å²) < 4.78 is 0. The fraction of sp³-hybridized carbons (Fsp3) is 0.636. The molecule has 0 saturated carbocycles. The van der Waals surface area contributed by atoms with Crippen LogP contribution < -0.4 is 0 Å². The Morgan fingerprint density at radius 3 is 2.38 bits per heavy atom. The zero-order chi connectivity index (χ0) is 10.5. The highest BCUT2D eigenvalue weighted by Gasteiger charge is 2.09. The first-order valence-corrected chi connectivity index (χ1v) is 8.18. The van der Waals surface area contributed by atoms with E-state index in [4.69, 9.17) is 0 Å². The second-order valence-corrected chi connectivity index (χ2v) is 9.21. The standard InChI is InChI=1S/C11H20OSi/c1-6-11(12)9-10(2)7-8-13(3,4)5/h6,10-12H,1,9H2,2-5H3/t10-,11+/m0/s1. The molecule has 13 heavy (non-hydrogen) atoms. The van der Waals surface area contributed by atoms with E-state index < -0.39 is 14.2 Å². The van der Waals surface area contributed by atoms with E-state index in [1.807, 2.05) is 6.92 Å². The molecule has 0 aliphatic rings. The van der Waals surface area contributed by atoms with Crippen molar-refractivity contribution in [2.24, 2.45) is 5.92 Å². The Morgan fingerprint density at radius 1 is 1.46 bits per heavy atom. The molecule has 0 amide bonds. The Kier molecular flexibility index (Phi) is 5.05. The van der Waals surface area contributed by atoms with Crippen LogP contribution in [0.3, 0.4) is 0 Å². The molecule has 2 atom stereocenters. The van der Waals surface area contributed by atoms with E-state index >= 15 is 0 Å². The predicted molar refractivity (Wildman–Crippen MR) is 61.1 cm³/mol. The predicted octanol–water partition coefficient (Wildman–Crippen LogP) is 2.44. The van der Waals surface area contributed by atoms with Gasteiger partial charge in [0.05, 0.1) is 6.10 Å². The molecule has 0 saturated heterocycles. The third kappa shape index (κ3) is 7.83. The molecule has 2 heteroatoms. The fourth-order valence-electron chi connectivity index (χ4n) is 0.857. The van der Waals surface area contributed by atoms with Crippen LogP contribution in [0, 0.1) is 17.4 Å². The third-order valence-corrected chi connectivity index (χ3v) is 2.46. The largest absolute Gasteiger partial charge is 0.389 e. The second-order valence-electron chi connectivity index (χ2n) is 4.46. The third-order valence-electron chi connectivity index (χ3n) is 1.56. The minimum absolute atomic E-state index is 0.264. The number of aliphatic hydroxyl groups is 1. The summed E-state index contributed by atoms with van der Waals surface area (Å²) in [4.78, 5) is 0. The van der Waals surface area contributed by atoms with Crippen molar-refractivity contribution in [1.82, 2.24) is 0 Å². The fourth-order valence-corrected chi connectivity index (χ4v) is 1.54. The molecule has 0 radical (unpaired) electrons. The van der Waals surface area contributed by atoms with Crippen LogP contribution in [0.4, 0.5) is 0 Å². The summed E-state index contributed by atoms with van der Waals surface area (Å²) in [5.41, 5.74) is 3.29. The number of rotatable bonds is 3. The zero-order valence-electron chi connectivity index (χ0n) is 9.09. The van der Waals surface area contributed by atoms with Crippen LogP contribution in [-0.4, -0.2) is 19.3 Å². The van der Waals surface area contributed by atoms with Crippen molar-refractivity contribution in [3.05, 3.63) is 12.7 Å². The van der Waals surface area contributed by atoms with Crippen LogP contribution in [0.15, 0.2) is 12.7 Å². The topological polar surface area (TPSA) is 20.2 Å². The molecule has 0 aliphatic heterocycles. The molecule has 0 aromatic heterocycles. The van der Waals surface area contributed by atoms with Crippen LogP contribution in [0.1, 0.15) is 13.3 Å². The molecule has 0 aromatic rings. The molecule has 0 rings (SSSR count). The summed E-state index contributed by atoms with van der Waals surface area (Å²) in [5, 5.41) is 9.28. The Hall–Kier alpha value is -0.523. The molecular formula is C11H20OSi. The summed E-state index contributed by atoms with van der Waals surface area (Å²) in [6, 6.07) is 0. The van der Waals surface area contributed by atoms with Gasteiger partial charge in [-0.1, -0.05) is 32.6 Å². The number of hydrogen-bond acceptors (Lipinski definition) is 1. The summed E-state index contributed by atoms with van der Waals surface area (Å²) in [7, 11) is -1.25. The van der Waals surface area contributed by atoms with E-state index in [1.54, 1.807) is 6.08 Å². The lowest BCUT2D eigenvalue weighted by Crippen LogP contribution is -2.17. The molecule has 1 nitrogen and oxygen atoms in total. The van der Waals surface area contributed by atoms with Gasteiger partial charge in [-0.25, -0.2) is 0 Å². The van der Waals surface area contributed by atoms with Crippen LogP contribution in [0.25, 0.3) is 0 Å². The van der Waals surface area contributed by atoms with Gasteiger partial charge >= 0.3 is 0 Å². The van der Waals surface area contributed by atoms with E-state index in [9.17, 15) is 5.11 Å². The Labute approximate surface area is 82.9 Å². The van der Waals surface area contributed by atoms with E-state index in [1.165, 1.54) is 0 Å². The molecule has 0 spiro atoms. The molecule has 0 unspecified atom stereocenters. The maximum absolute atomic E-state index is 9.28. The van der Waals surface area contributed by atoms with Crippen LogP contribution in [0.5, 0.6) is 0 Å². The summed E-state index contributed by atoms with van der Waals surface area (Å²) in [6.45, 7) is 12.2. The van der Waals surface area contributed by atoms with Gasteiger partial charge in [0.2, 0.25) is 0 Å². The van der Waals surface area contributed by atoms with E-state index in [-0.39, 0.29) is 5.92 Å². The van der Waals surface area contributed by atoms with Crippen molar-refractivity contribution in [3.63, 3.8) is 0 Å². The molecule has 0 heterocycles. The van der Waals surface area contributed by atoms with Crippen molar-refractivity contribution in [1.29, 1.82) is 0 Å². The maximum atomic E-state index is 9.28. The Balaban J connectivity index is 4.05. The molecule has 0 aromatic carbocycles. The van der Waals surface area contributed by atoms with Crippen LogP contribution in [-0.2, 0) is 0 Å². The van der Waals surface area contributed by atoms with Crippen molar-refractivity contribution < 1.29 is 5.11 Å². The Bertz CT molecular complexity index is 216. The van der Waals surface area contributed by atoms with E-state index in [0.717, 1.165) is 0 Å². The van der Waals surface area contributed by atoms with Crippen molar-refractivity contribution in [2.75, 3.05) is 0 Å². The van der Waals surface area contributed by atoms with Crippen LogP contribution in [0.2, 0.25) is 19.6 Å². The first-order chi connectivity index (χ1) is 5.85. The Morgan fingerprint density at radius 2 is 2.00 bits per heavy atom. The number of hydrogen-bond donors (Lipinski definition) is 1. The smallest absolute Gasteiger partial charge is 0.129 e. The minimum Gasteiger partial charge on any atom is -0.389 e. The lowest BCUT2D eigenvalue weighted by Gasteiger charge is -2.09. The zero-order valence-corrected chi connectivity index (χ0v) is 10.1. The van der Waals surface area contributed by atoms with Crippen LogP contribution >= 0.6 is 0 Å². The van der Waals surface area contributed by atoms with Gasteiger partial charge in [-0.2, -0.15) is 0 Å². The first-order valence-electron chi connectivity index (χ1n) is 4.68. The lowest BCUT2D eigenvalue weighted by atomic mass is 10.1. The molecule has 0 bridgehead atoms. The van der Waals surface area contributed by atoms with Gasteiger partial charge in [-0.05, 0) is 6.42 Å². The highest BCUT2D eigenvalue weighted by molar-refractivity contribution is 6.83. The highest BCUT2D eigenvalue weighted by Crippen LogP contribution is 2.06. The average Bonchev–Trinajstić information content (AvgIpc) is 1.99. The highest BCUT2D eigenvalue weighted by atomic mass is 28.3. The minimum atomic E-state index is -1.25. The van der Waals surface area contributed by atoms with Crippen molar-refractivity contribution >= 4 is 8.07 Å². The number of aliphatic hydroxyl groups excluding tert-OH is 1. The van der Waals surface area contributed by atoms with Gasteiger partial charge in [-0.3, -0.25) is 0 Å². The van der Waals surface area contributed by atoms with Gasteiger partial charge in [0.1, 0.15) is 8.07 Å². The SMILES string of the molecule is C=C[C@@H](O)C[C@@H](C)C#C[Si](C)(C)C. The summed E-state index contributed by atoms with van der Waals surface area (Å²) in [5.74, 6) is 3.46. The first kappa shape index (κ1) is 12.5. The average molecular weight is 196 g/mol. The van der Waals surface area contributed by atoms with Gasteiger partial charge in [0.15, 0.2) is 0 Å². The molecule has 1 N–H and O–H groups in total. The van der Waals surface area contributed by atoms with Gasteiger partial charge in [0.25, 0.3) is 0 Å². The molecule has 0 aliphatic carbocycles. The van der Waals surface area contributed by atoms with Gasteiger partial charge in [0, 0.05) is 5.92 Å². The molecule has 0 fully saturated rings. The lowest BCUT2D eigenvalue weighted by molar-refractivity contribution is 0.202. The van der Waals surface area contributed by atoms with Gasteiger partial charge < -0.3 is 5.11 Å². The normalized spacial score (nSPS) is 15.5. The van der Waals surface area contributed by atoms with E-state index in [0.29, 0.717) is 6.42 Å². The second kappa shape index (κ2) is 5.26. The summed E-state index contributed by atoms with van der Waals surface area (Å²) in [6.07, 6.45) is 1.85. The monoisotopic (exact) mass is 196 g/mol. The van der Waals surface area contributed by atoms with Crippen molar-refractivity contribution in [3.8, 4) is 11.5 Å². The summed E-state index contributed by atoms with van der Waals surface area (Å²) >= 11 is 0. The van der Waals surface area contributed by atoms with Gasteiger partial charge in [-0.15, -0.1) is 18.0 Å². The molecular weight excluding hydrogens is 176 g/mol.